The first-order valence-electron chi connectivity index (χ1n) is 6.83. The highest BCUT2D eigenvalue weighted by molar-refractivity contribution is 7.87. The van der Waals surface area contributed by atoms with E-state index in [0.717, 1.165) is 12.8 Å². The topological polar surface area (TPSA) is 113 Å². The van der Waals surface area contributed by atoms with E-state index >= 15 is 0 Å². The molecular weight excluding hydrogens is 300 g/mol. The average Bonchev–Trinajstić information content (AvgIpc) is 2.42. The molecule has 0 amide bonds. The fourth-order valence-corrected chi connectivity index (χ4v) is 3.76. The van der Waals surface area contributed by atoms with Crippen LogP contribution in [0.1, 0.15) is 32.6 Å². The lowest BCUT2D eigenvalue weighted by atomic mass is 10.0. The Balaban J connectivity index is 2.68. The van der Waals surface area contributed by atoms with Crippen LogP contribution < -0.4 is 4.72 Å². The van der Waals surface area contributed by atoms with Gasteiger partial charge in [-0.2, -0.15) is 17.4 Å². The third-order valence-corrected chi connectivity index (χ3v) is 5.01. The van der Waals surface area contributed by atoms with Crippen molar-refractivity contribution < 1.29 is 27.9 Å². The lowest BCUT2D eigenvalue weighted by molar-refractivity contribution is -0.142. The molecule has 8 nitrogen and oxygen atoms in total. The van der Waals surface area contributed by atoms with E-state index in [1.54, 1.807) is 0 Å². The lowest BCUT2D eigenvalue weighted by Gasteiger charge is -2.30. The molecule has 1 aliphatic heterocycles. The number of piperidine rings is 1. The number of nitrogens with one attached hydrogen (secondary N) is 1. The number of hydrogen-bond donors (Lipinski definition) is 2. The molecule has 0 aromatic rings. The Morgan fingerprint density at radius 1 is 1.48 bits per heavy atom. The molecule has 21 heavy (non-hydrogen) atoms. The zero-order valence-electron chi connectivity index (χ0n) is 12.2. The van der Waals surface area contributed by atoms with Crippen molar-refractivity contribution in [2.24, 2.45) is 5.92 Å². The van der Waals surface area contributed by atoms with Gasteiger partial charge in [0.25, 0.3) is 10.2 Å². The van der Waals surface area contributed by atoms with Gasteiger partial charge in [0.2, 0.25) is 0 Å². The van der Waals surface area contributed by atoms with Crippen LogP contribution in [0.4, 0.5) is 0 Å². The minimum absolute atomic E-state index is 0.148. The molecule has 1 unspecified atom stereocenters. The van der Waals surface area contributed by atoms with Crippen molar-refractivity contribution >= 4 is 22.1 Å². The highest BCUT2D eigenvalue weighted by atomic mass is 32.2. The van der Waals surface area contributed by atoms with Crippen LogP contribution in [0.3, 0.4) is 0 Å². The van der Waals surface area contributed by atoms with E-state index < -0.39 is 28.2 Å². The van der Waals surface area contributed by atoms with E-state index in [9.17, 15) is 18.0 Å². The predicted molar refractivity (Wildman–Crippen MR) is 74.7 cm³/mol. The summed E-state index contributed by atoms with van der Waals surface area (Å²) in [6.45, 7) is 2.70. The number of nitrogens with zero attached hydrogens (tertiary/aromatic N) is 1. The molecule has 0 aromatic heterocycles. The Bertz CT molecular complexity index is 478. The first-order valence-corrected chi connectivity index (χ1v) is 8.27. The first-order chi connectivity index (χ1) is 9.76. The summed E-state index contributed by atoms with van der Waals surface area (Å²) in [5, 5.41) is 9.07. The van der Waals surface area contributed by atoms with Crippen molar-refractivity contribution in [3.8, 4) is 0 Å². The molecule has 1 heterocycles. The summed E-state index contributed by atoms with van der Waals surface area (Å²) in [6, 6.07) is -1.34. The van der Waals surface area contributed by atoms with Crippen LogP contribution in [0.25, 0.3) is 0 Å². The fourth-order valence-electron chi connectivity index (χ4n) is 2.22. The number of carboxylic acid groups (broad SMARTS) is 1. The second-order valence-corrected chi connectivity index (χ2v) is 6.94. The Kier molecular flexibility index (Phi) is 6.56. The molecule has 1 rings (SSSR count). The second kappa shape index (κ2) is 7.71. The van der Waals surface area contributed by atoms with Gasteiger partial charge in [-0.3, -0.25) is 9.59 Å². The minimum Gasteiger partial charge on any atom is -0.480 e. The van der Waals surface area contributed by atoms with Gasteiger partial charge >= 0.3 is 11.9 Å². The van der Waals surface area contributed by atoms with Gasteiger partial charge in [0.15, 0.2) is 0 Å². The monoisotopic (exact) mass is 322 g/mol. The molecule has 0 radical (unpaired) electrons. The van der Waals surface area contributed by atoms with E-state index in [1.165, 1.54) is 11.4 Å². The van der Waals surface area contributed by atoms with Gasteiger partial charge in [0, 0.05) is 19.5 Å². The van der Waals surface area contributed by atoms with Crippen LogP contribution in [0.2, 0.25) is 0 Å². The van der Waals surface area contributed by atoms with Crippen LogP contribution >= 0.6 is 0 Å². The third kappa shape index (κ3) is 5.60. The summed E-state index contributed by atoms with van der Waals surface area (Å²) in [5.41, 5.74) is 0. The molecule has 0 saturated carbocycles. The average molecular weight is 322 g/mol. The quantitative estimate of drug-likeness (QED) is 0.636. The van der Waals surface area contributed by atoms with Gasteiger partial charge in [0.05, 0.1) is 7.11 Å². The lowest BCUT2D eigenvalue weighted by Crippen LogP contribution is -2.51. The van der Waals surface area contributed by atoms with Crippen molar-refractivity contribution in [1.29, 1.82) is 0 Å². The molecular formula is C12H22N2O6S. The summed E-state index contributed by atoms with van der Waals surface area (Å²) in [4.78, 5) is 22.2. The van der Waals surface area contributed by atoms with Gasteiger partial charge in [-0.15, -0.1) is 0 Å². The number of ether oxygens (including phenoxy) is 1. The molecule has 122 valence electrons. The largest absolute Gasteiger partial charge is 0.480 e. The van der Waals surface area contributed by atoms with Gasteiger partial charge < -0.3 is 9.84 Å². The SMILES string of the molecule is COC(=O)CC[C@@H](NS(=O)(=O)N1CCCC(C)C1)C(=O)O. The Morgan fingerprint density at radius 3 is 2.67 bits per heavy atom. The van der Waals surface area contributed by atoms with Crippen molar-refractivity contribution in [1.82, 2.24) is 9.03 Å². The molecule has 0 aliphatic carbocycles. The van der Waals surface area contributed by atoms with E-state index in [4.69, 9.17) is 5.11 Å². The molecule has 0 aromatic carbocycles. The van der Waals surface area contributed by atoms with Gasteiger partial charge in [-0.1, -0.05) is 6.92 Å². The molecule has 9 heteroatoms. The zero-order valence-corrected chi connectivity index (χ0v) is 13.1. The van der Waals surface area contributed by atoms with Crippen LogP contribution in [-0.4, -0.2) is 56.0 Å². The van der Waals surface area contributed by atoms with Crippen molar-refractivity contribution in [2.45, 2.75) is 38.6 Å². The zero-order chi connectivity index (χ0) is 16.0. The molecule has 0 spiro atoms. The number of methoxy groups -OCH3 is 1. The fraction of sp³-hybridized carbons (Fsp3) is 0.833. The number of aliphatic carboxylic acids is 1. The molecule has 2 atom stereocenters. The standard InChI is InChI=1S/C12H22N2O6S/c1-9-4-3-7-14(8-9)21(18,19)13-10(12(16)17)5-6-11(15)20-2/h9-10,13H,3-8H2,1-2H3,(H,16,17)/t9?,10-/m1/s1. The smallest absolute Gasteiger partial charge is 0.321 e. The normalized spacial score (nSPS) is 21.7. The summed E-state index contributed by atoms with van der Waals surface area (Å²) in [5.74, 6) is -1.65. The van der Waals surface area contributed by atoms with E-state index in [1.807, 2.05) is 6.92 Å². The molecule has 0 bridgehead atoms. The highest BCUT2D eigenvalue weighted by Gasteiger charge is 2.31. The summed E-state index contributed by atoms with van der Waals surface area (Å²) < 4.78 is 32.2. The molecule has 1 saturated heterocycles. The molecule has 1 fully saturated rings. The van der Waals surface area contributed by atoms with Gasteiger partial charge in [0.1, 0.15) is 6.04 Å². The summed E-state index contributed by atoms with van der Waals surface area (Å²) >= 11 is 0. The number of carbonyl (C=O) groups is 2. The first kappa shape index (κ1) is 17.9. The van der Waals surface area contributed by atoms with Gasteiger partial charge in [-0.05, 0) is 25.2 Å². The maximum absolute atomic E-state index is 12.2. The number of esters is 1. The van der Waals surface area contributed by atoms with Crippen molar-refractivity contribution in [2.75, 3.05) is 20.2 Å². The highest BCUT2D eigenvalue weighted by Crippen LogP contribution is 2.18. The predicted octanol–water partition coefficient (Wildman–Crippen LogP) is -0.0409. The number of carboxylic acids is 1. The Hall–Kier alpha value is -1.19. The van der Waals surface area contributed by atoms with Crippen LogP contribution in [-0.2, 0) is 24.5 Å². The second-order valence-electron chi connectivity index (χ2n) is 5.23. The van der Waals surface area contributed by atoms with E-state index in [0.29, 0.717) is 13.1 Å². The van der Waals surface area contributed by atoms with Gasteiger partial charge in [-0.25, -0.2) is 0 Å². The third-order valence-electron chi connectivity index (χ3n) is 3.41. The number of carbonyl (C=O) groups excluding carboxylic acids is 1. The summed E-state index contributed by atoms with van der Waals surface area (Å²) in [7, 11) is -2.67. The Labute approximate surface area is 124 Å². The van der Waals surface area contributed by atoms with Crippen LogP contribution in [0.5, 0.6) is 0 Å². The maximum atomic E-state index is 12.2. The van der Waals surface area contributed by atoms with Crippen molar-refractivity contribution in [3.63, 3.8) is 0 Å². The van der Waals surface area contributed by atoms with Crippen LogP contribution in [0.15, 0.2) is 0 Å². The maximum Gasteiger partial charge on any atom is 0.321 e. The van der Waals surface area contributed by atoms with E-state index in [2.05, 4.69) is 9.46 Å². The molecule has 2 N–H and O–H groups in total. The van der Waals surface area contributed by atoms with E-state index in [-0.39, 0.29) is 18.8 Å². The van der Waals surface area contributed by atoms with Crippen LogP contribution in [0, 0.1) is 5.92 Å². The minimum atomic E-state index is -3.86. The Morgan fingerprint density at radius 2 is 2.14 bits per heavy atom. The number of hydrogen-bond acceptors (Lipinski definition) is 5. The van der Waals surface area contributed by atoms with Crippen molar-refractivity contribution in [3.05, 3.63) is 0 Å². The number of rotatable bonds is 7. The summed E-state index contributed by atoms with van der Waals surface area (Å²) in [6.07, 6.45) is 1.40. The molecule has 1 aliphatic rings.